The number of fused-ring (bicyclic) bond motifs is 1. The first kappa shape index (κ1) is 23.2. The number of benzene rings is 1. The second kappa shape index (κ2) is 10.8. The van der Waals surface area contributed by atoms with E-state index in [2.05, 4.69) is 37.0 Å². The summed E-state index contributed by atoms with van der Waals surface area (Å²) < 4.78 is 6.37. The van der Waals surface area contributed by atoms with E-state index in [1.54, 1.807) is 6.33 Å². The number of unbranched alkanes of at least 4 members (excludes halogenated alkanes) is 1. The fourth-order valence-electron chi connectivity index (χ4n) is 4.77. The molecule has 1 aliphatic carbocycles. The molecule has 2 heterocycles. The van der Waals surface area contributed by atoms with Crippen LogP contribution < -0.4 is 0 Å². The van der Waals surface area contributed by atoms with E-state index in [1.807, 2.05) is 18.2 Å². The molecule has 0 radical (unpaired) electrons. The molecule has 2 unspecified atom stereocenters. The molecule has 174 valence electrons. The number of hydrogen-bond donors (Lipinski definition) is 1. The van der Waals surface area contributed by atoms with E-state index in [-0.39, 0.29) is 6.42 Å². The summed E-state index contributed by atoms with van der Waals surface area (Å²) in [6.45, 7) is 4.56. The second-order valence-corrected chi connectivity index (χ2v) is 9.57. The van der Waals surface area contributed by atoms with Crippen LogP contribution in [-0.4, -0.2) is 21.0 Å². The highest BCUT2D eigenvalue weighted by Crippen LogP contribution is 2.42. The molecule has 0 fully saturated rings. The van der Waals surface area contributed by atoms with Crippen molar-refractivity contribution in [2.75, 3.05) is 0 Å². The summed E-state index contributed by atoms with van der Waals surface area (Å²) in [6.07, 6.45) is 12.2. The molecule has 2 atom stereocenters. The predicted octanol–water partition coefficient (Wildman–Crippen LogP) is 7.31. The van der Waals surface area contributed by atoms with Gasteiger partial charge in [-0.15, -0.1) is 0 Å². The normalized spacial score (nSPS) is 17.2. The molecule has 0 amide bonds. The Labute approximate surface area is 196 Å². The van der Waals surface area contributed by atoms with Crippen molar-refractivity contribution in [3.05, 3.63) is 54.0 Å². The maximum Gasteiger partial charge on any atom is 0.303 e. The number of allylic oxidation sites excluding steroid dienone is 2. The first-order chi connectivity index (χ1) is 16.0. The van der Waals surface area contributed by atoms with Crippen molar-refractivity contribution in [3.63, 3.8) is 0 Å². The quantitative estimate of drug-likeness (QED) is 0.330. The van der Waals surface area contributed by atoms with E-state index in [9.17, 15) is 4.79 Å². The molecule has 5 heteroatoms. The minimum Gasteiger partial charge on any atom is -0.481 e. The van der Waals surface area contributed by atoms with Gasteiger partial charge in [0.2, 0.25) is 5.71 Å². The number of aliphatic carboxylic acids is 1. The number of carboxylic acid groups (broad SMARTS) is 1. The highest BCUT2D eigenvalue weighted by atomic mass is 16.4. The molecule has 5 nitrogen and oxygen atoms in total. The third-order valence-electron chi connectivity index (χ3n) is 6.81. The van der Waals surface area contributed by atoms with Gasteiger partial charge in [0, 0.05) is 17.5 Å². The molecule has 1 aliphatic rings. The van der Waals surface area contributed by atoms with Gasteiger partial charge in [0.25, 0.3) is 0 Å². The number of carboxylic acids is 1. The van der Waals surface area contributed by atoms with Crippen molar-refractivity contribution in [2.24, 2.45) is 11.8 Å². The lowest BCUT2D eigenvalue weighted by Crippen LogP contribution is -2.04. The van der Waals surface area contributed by atoms with Crippen LogP contribution in [0.25, 0.3) is 28.0 Å². The smallest absolute Gasteiger partial charge is 0.303 e. The molecule has 1 N–H and O–H groups in total. The van der Waals surface area contributed by atoms with Crippen molar-refractivity contribution < 1.29 is 14.3 Å². The van der Waals surface area contributed by atoms with Gasteiger partial charge in [-0.2, -0.15) is 0 Å². The second-order valence-electron chi connectivity index (χ2n) is 9.57. The van der Waals surface area contributed by atoms with Crippen molar-refractivity contribution in [3.8, 4) is 11.3 Å². The van der Waals surface area contributed by atoms with E-state index in [4.69, 9.17) is 14.5 Å². The highest BCUT2D eigenvalue weighted by molar-refractivity contribution is 5.98. The fraction of sp³-hybridized carbons (Fsp3) is 0.464. The SMILES string of the molecule is CC1CC=C(c2c(-c3ccccc3)oc3ncnc(CCC(C)CCCCC(=O)O)c23)CC1. The standard InChI is InChI=1S/C28H34N2O3/c1-19(8-6-7-11-24(31)32)14-17-23-26-25(21-15-12-20(2)13-16-21)27(22-9-4-3-5-10-22)33-28(26)30-18-29-23/h3-5,9-10,15,18-20H,6-8,11-14,16-17H2,1-2H3,(H,31,32). The van der Waals surface area contributed by atoms with Gasteiger partial charge in [0.1, 0.15) is 12.1 Å². The Morgan fingerprint density at radius 3 is 2.73 bits per heavy atom. The van der Waals surface area contributed by atoms with Crippen LogP contribution in [0.1, 0.15) is 76.5 Å². The molecule has 0 spiro atoms. The van der Waals surface area contributed by atoms with E-state index in [0.717, 1.165) is 67.3 Å². The first-order valence-electron chi connectivity index (χ1n) is 12.3. The maximum absolute atomic E-state index is 10.7. The van der Waals surface area contributed by atoms with Crippen molar-refractivity contribution in [1.29, 1.82) is 0 Å². The maximum atomic E-state index is 10.7. The van der Waals surface area contributed by atoms with Crippen LogP contribution in [0.2, 0.25) is 0 Å². The van der Waals surface area contributed by atoms with Crippen molar-refractivity contribution in [2.45, 2.75) is 71.6 Å². The lowest BCUT2D eigenvalue weighted by Gasteiger charge is -2.19. The first-order valence-corrected chi connectivity index (χ1v) is 12.3. The average Bonchev–Trinajstić information content (AvgIpc) is 3.22. The number of aromatic nitrogens is 2. The van der Waals surface area contributed by atoms with Gasteiger partial charge in [-0.25, -0.2) is 9.97 Å². The van der Waals surface area contributed by atoms with Gasteiger partial charge in [-0.3, -0.25) is 4.79 Å². The molecular weight excluding hydrogens is 412 g/mol. The third kappa shape index (κ3) is 5.70. The minimum absolute atomic E-state index is 0.258. The summed E-state index contributed by atoms with van der Waals surface area (Å²) in [4.78, 5) is 19.9. The zero-order valence-electron chi connectivity index (χ0n) is 19.7. The Balaban J connectivity index is 1.63. The Bertz CT molecular complexity index is 1120. The molecule has 0 bridgehead atoms. The van der Waals surface area contributed by atoms with E-state index in [0.29, 0.717) is 17.5 Å². The number of nitrogens with zero attached hydrogens (tertiary/aromatic N) is 2. The Hall–Kier alpha value is -2.95. The summed E-state index contributed by atoms with van der Waals surface area (Å²) in [6, 6.07) is 10.3. The summed E-state index contributed by atoms with van der Waals surface area (Å²) in [7, 11) is 0. The Kier molecular flexibility index (Phi) is 7.58. The number of rotatable bonds is 10. The van der Waals surface area contributed by atoms with Crippen LogP contribution in [0.4, 0.5) is 0 Å². The number of aryl methyl sites for hydroxylation is 1. The van der Waals surface area contributed by atoms with E-state index >= 15 is 0 Å². The molecule has 3 aromatic rings. The number of carbonyl (C=O) groups is 1. The van der Waals surface area contributed by atoms with Gasteiger partial charge >= 0.3 is 5.97 Å². The van der Waals surface area contributed by atoms with Crippen molar-refractivity contribution >= 4 is 22.6 Å². The zero-order valence-corrected chi connectivity index (χ0v) is 19.7. The van der Waals surface area contributed by atoms with E-state index in [1.165, 1.54) is 17.6 Å². The molecular formula is C28H34N2O3. The molecule has 0 saturated heterocycles. The topological polar surface area (TPSA) is 76.2 Å². The van der Waals surface area contributed by atoms with Gasteiger partial charge in [0.05, 0.1) is 11.1 Å². The highest BCUT2D eigenvalue weighted by Gasteiger charge is 2.25. The van der Waals surface area contributed by atoms with Gasteiger partial charge in [-0.1, -0.05) is 63.1 Å². The Morgan fingerprint density at radius 2 is 2.00 bits per heavy atom. The largest absolute Gasteiger partial charge is 0.481 e. The summed E-state index contributed by atoms with van der Waals surface area (Å²) in [5.41, 5.74) is 5.32. The van der Waals surface area contributed by atoms with Crippen LogP contribution in [0.15, 0.2) is 47.2 Å². The van der Waals surface area contributed by atoms with E-state index < -0.39 is 5.97 Å². The molecule has 0 aliphatic heterocycles. The average molecular weight is 447 g/mol. The van der Waals surface area contributed by atoms with Crippen LogP contribution in [-0.2, 0) is 11.2 Å². The summed E-state index contributed by atoms with van der Waals surface area (Å²) >= 11 is 0. The number of furan rings is 1. The molecule has 33 heavy (non-hydrogen) atoms. The fourth-order valence-corrected chi connectivity index (χ4v) is 4.77. The molecule has 0 saturated carbocycles. The Morgan fingerprint density at radius 1 is 1.18 bits per heavy atom. The zero-order chi connectivity index (χ0) is 23.2. The van der Waals surface area contributed by atoms with Crippen molar-refractivity contribution in [1.82, 2.24) is 9.97 Å². The molecule has 4 rings (SSSR count). The van der Waals surface area contributed by atoms with Gasteiger partial charge in [0.15, 0.2) is 0 Å². The van der Waals surface area contributed by atoms with Crippen LogP contribution in [0, 0.1) is 11.8 Å². The summed E-state index contributed by atoms with van der Waals surface area (Å²) in [5, 5.41) is 9.90. The predicted molar refractivity (Wildman–Crippen MR) is 132 cm³/mol. The number of hydrogen-bond acceptors (Lipinski definition) is 4. The molecule has 1 aromatic carbocycles. The van der Waals surface area contributed by atoms with Gasteiger partial charge < -0.3 is 9.52 Å². The van der Waals surface area contributed by atoms with Gasteiger partial charge in [-0.05, 0) is 55.9 Å². The molecule has 2 aromatic heterocycles. The summed E-state index contributed by atoms with van der Waals surface area (Å²) in [5.74, 6) is 1.42. The lowest BCUT2D eigenvalue weighted by molar-refractivity contribution is -0.137. The van der Waals surface area contributed by atoms with Crippen LogP contribution >= 0.6 is 0 Å². The lowest BCUT2D eigenvalue weighted by atomic mass is 9.85. The monoisotopic (exact) mass is 446 g/mol. The third-order valence-corrected chi connectivity index (χ3v) is 6.81. The van der Waals surface area contributed by atoms with Crippen LogP contribution in [0.5, 0.6) is 0 Å². The minimum atomic E-state index is -0.709. The van der Waals surface area contributed by atoms with Crippen LogP contribution in [0.3, 0.4) is 0 Å².